The smallest absolute Gasteiger partial charge is 0.273 e. The fraction of sp³-hybridized carbons (Fsp3) is 0.214. The number of ether oxygens (including phenoxy) is 3. The van der Waals surface area contributed by atoms with Crippen LogP contribution < -0.4 is 14.2 Å². The number of hydrogen-bond acceptors (Lipinski definition) is 6. The zero-order valence-corrected chi connectivity index (χ0v) is 21.4. The fourth-order valence-corrected chi connectivity index (χ4v) is 4.92. The van der Waals surface area contributed by atoms with Gasteiger partial charge in [0.15, 0.2) is 11.5 Å². The van der Waals surface area contributed by atoms with Crippen LogP contribution in [0.4, 0.5) is 0 Å². The number of phenolic OH excluding ortho intramolecular Hbond substituents is 1. The van der Waals surface area contributed by atoms with Crippen LogP contribution in [0.2, 0.25) is 5.02 Å². The first-order chi connectivity index (χ1) is 17.9. The van der Waals surface area contributed by atoms with Crippen molar-refractivity contribution >= 4 is 17.5 Å². The van der Waals surface area contributed by atoms with Gasteiger partial charge < -0.3 is 24.2 Å². The number of phenols is 1. The Labute approximate surface area is 219 Å². The molecule has 37 heavy (non-hydrogen) atoms. The number of hydrogen-bond donors (Lipinski definition) is 2. The zero-order valence-electron chi connectivity index (χ0n) is 20.6. The van der Waals surface area contributed by atoms with Crippen molar-refractivity contribution in [2.75, 3.05) is 27.9 Å². The molecule has 0 radical (unpaired) electrons. The maximum Gasteiger partial charge on any atom is 0.273 e. The predicted octanol–water partition coefficient (Wildman–Crippen LogP) is 5.25. The van der Waals surface area contributed by atoms with E-state index in [1.54, 1.807) is 33.5 Å². The van der Waals surface area contributed by atoms with Crippen molar-refractivity contribution < 1.29 is 24.1 Å². The SMILES string of the molecule is COc1ccc(C2c3c(-c4cc(Cl)ccc4O)n[nH]c3C(=O)N2CCc2ccc(OC)c(OC)c2)cc1. The normalized spacial score (nSPS) is 14.5. The number of fused-ring (bicyclic) bond motifs is 1. The molecule has 9 heteroatoms. The molecular formula is C28H26ClN3O5. The second-order valence-electron chi connectivity index (χ2n) is 8.64. The third kappa shape index (κ3) is 4.44. The number of aromatic nitrogens is 2. The number of aromatic hydroxyl groups is 1. The van der Waals surface area contributed by atoms with Crippen molar-refractivity contribution in [2.45, 2.75) is 12.5 Å². The summed E-state index contributed by atoms with van der Waals surface area (Å²) in [5, 5.41) is 18.4. The molecule has 1 unspecified atom stereocenters. The summed E-state index contributed by atoms with van der Waals surface area (Å²) >= 11 is 6.23. The predicted molar refractivity (Wildman–Crippen MR) is 140 cm³/mol. The molecule has 0 aliphatic carbocycles. The minimum absolute atomic E-state index is 0.0309. The van der Waals surface area contributed by atoms with Crippen LogP contribution in [0.1, 0.15) is 33.2 Å². The van der Waals surface area contributed by atoms with E-state index in [2.05, 4.69) is 10.2 Å². The van der Waals surface area contributed by atoms with Crippen molar-refractivity contribution in [2.24, 2.45) is 0 Å². The van der Waals surface area contributed by atoms with Crippen molar-refractivity contribution in [1.29, 1.82) is 0 Å². The lowest BCUT2D eigenvalue weighted by molar-refractivity contribution is 0.0746. The maximum absolute atomic E-state index is 13.6. The molecule has 1 aromatic heterocycles. The molecule has 0 saturated carbocycles. The number of methoxy groups -OCH3 is 3. The molecule has 1 atom stereocenters. The molecule has 0 spiro atoms. The third-order valence-corrected chi connectivity index (χ3v) is 6.83. The van der Waals surface area contributed by atoms with Gasteiger partial charge >= 0.3 is 0 Å². The Morgan fingerprint density at radius 2 is 1.73 bits per heavy atom. The average Bonchev–Trinajstić information content (AvgIpc) is 3.47. The molecule has 5 rings (SSSR count). The molecule has 0 fully saturated rings. The summed E-state index contributed by atoms with van der Waals surface area (Å²) in [5.74, 6) is 1.85. The van der Waals surface area contributed by atoms with Crippen LogP contribution in [-0.4, -0.2) is 54.0 Å². The van der Waals surface area contributed by atoms with Gasteiger partial charge in [0, 0.05) is 22.7 Å². The summed E-state index contributed by atoms with van der Waals surface area (Å²) < 4.78 is 16.1. The minimum atomic E-state index is -0.430. The summed E-state index contributed by atoms with van der Waals surface area (Å²) in [6.07, 6.45) is 0.591. The van der Waals surface area contributed by atoms with Crippen LogP contribution in [0.15, 0.2) is 60.7 Å². The first-order valence-electron chi connectivity index (χ1n) is 11.7. The second-order valence-corrected chi connectivity index (χ2v) is 9.07. The van der Waals surface area contributed by atoms with Crippen molar-refractivity contribution in [3.8, 4) is 34.3 Å². The molecule has 1 aliphatic rings. The van der Waals surface area contributed by atoms with E-state index in [0.717, 1.165) is 11.1 Å². The number of rotatable bonds is 8. The van der Waals surface area contributed by atoms with Crippen molar-refractivity contribution in [3.05, 3.63) is 88.1 Å². The van der Waals surface area contributed by atoms with Gasteiger partial charge in [0.25, 0.3) is 5.91 Å². The molecule has 0 bridgehead atoms. The number of carbonyl (C=O) groups excluding carboxylic acids is 1. The molecule has 1 amide bonds. The van der Waals surface area contributed by atoms with Gasteiger partial charge in [-0.1, -0.05) is 29.8 Å². The Kier molecular flexibility index (Phi) is 6.67. The van der Waals surface area contributed by atoms with Gasteiger partial charge in [-0.05, 0) is 60.0 Å². The fourth-order valence-electron chi connectivity index (χ4n) is 4.75. The monoisotopic (exact) mass is 519 g/mol. The largest absolute Gasteiger partial charge is 0.507 e. The van der Waals surface area contributed by atoms with Crippen LogP contribution in [0.3, 0.4) is 0 Å². The van der Waals surface area contributed by atoms with Gasteiger partial charge in [0.1, 0.15) is 22.9 Å². The Balaban J connectivity index is 1.55. The number of carbonyl (C=O) groups is 1. The van der Waals surface area contributed by atoms with E-state index in [0.29, 0.717) is 57.8 Å². The van der Waals surface area contributed by atoms with Gasteiger partial charge in [-0.3, -0.25) is 9.89 Å². The molecular weight excluding hydrogens is 494 g/mol. The highest BCUT2D eigenvalue weighted by Gasteiger charge is 2.42. The van der Waals surface area contributed by atoms with Gasteiger partial charge in [0.05, 0.1) is 27.4 Å². The summed E-state index contributed by atoms with van der Waals surface area (Å²) in [6.45, 7) is 0.439. The van der Waals surface area contributed by atoms with E-state index in [1.165, 1.54) is 6.07 Å². The maximum atomic E-state index is 13.6. The van der Waals surface area contributed by atoms with Crippen LogP contribution in [0.25, 0.3) is 11.3 Å². The van der Waals surface area contributed by atoms with Crippen LogP contribution in [-0.2, 0) is 6.42 Å². The highest BCUT2D eigenvalue weighted by molar-refractivity contribution is 6.31. The zero-order chi connectivity index (χ0) is 26.1. The van der Waals surface area contributed by atoms with E-state index in [9.17, 15) is 9.90 Å². The molecule has 0 saturated heterocycles. The highest BCUT2D eigenvalue weighted by atomic mass is 35.5. The standard InChI is InChI=1S/C28H26ClN3O5/c1-35-19-8-5-17(6-9-19)27-24-25(20-15-18(29)7-10-21(20)33)30-31-26(24)28(34)32(27)13-12-16-4-11-22(36-2)23(14-16)37-3/h4-11,14-15,27,33H,12-13H2,1-3H3,(H,30,31). The quantitative estimate of drug-likeness (QED) is 0.330. The Hall–Kier alpha value is -4.17. The summed E-state index contributed by atoms with van der Waals surface area (Å²) in [6, 6.07) is 17.7. The molecule has 3 aromatic carbocycles. The molecule has 190 valence electrons. The van der Waals surface area contributed by atoms with Crippen LogP contribution in [0, 0.1) is 0 Å². The van der Waals surface area contributed by atoms with Crippen molar-refractivity contribution in [3.63, 3.8) is 0 Å². The van der Waals surface area contributed by atoms with E-state index < -0.39 is 6.04 Å². The molecule has 1 aliphatic heterocycles. The Bertz CT molecular complexity index is 1450. The molecule has 2 heterocycles. The van der Waals surface area contributed by atoms with Crippen molar-refractivity contribution in [1.82, 2.24) is 15.1 Å². The lowest BCUT2D eigenvalue weighted by atomic mass is 9.95. The first-order valence-corrected chi connectivity index (χ1v) is 12.1. The summed E-state index contributed by atoms with van der Waals surface area (Å²) in [4.78, 5) is 15.5. The van der Waals surface area contributed by atoms with Gasteiger partial charge in [-0.25, -0.2) is 0 Å². The molecule has 4 aromatic rings. The first kappa shape index (κ1) is 24.5. The van der Waals surface area contributed by atoms with E-state index >= 15 is 0 Å². The van der Waals surface area contributed by atoms with E-state index in [4.69, 9.17) is 25.8 Å². The second kappa shape index (κ2) is 10.1. The number of halogens is 1. The lowest BCUT2D eigenvalue weighted by Gasteiger charge is -2.27. The Morgan fingerprint density at radius 3 is 2.43 bits per heavy atom. The minimum Gasteiger partial charge on any atom is -0.507 e. The third-order valence-electron chi connectivity index (χ3n) is 6.60. The van der Waals surface area contributed by atoms with Crippen LogP contribution in [0.5, 0.6) is 23.0 Å². The van der Waals surface area contributed by atoms with E-state index in [-0.39, 0.29) is 11.7 Å². The van der Waals surface area contributed by atoms with Gasteiger partial charge in [-0.2, -0.15) is 5.10 Å². The highest BCUT2D eigenvalue weighted by Crippen LogP contribution is 2.45. The number of amides is 1. The number of benzene rings is 3. The van der Waals surface area contributed by atoms with Crippen LogP contribution >= 0.6 is 11.6 Å². The Morgan fingerprint density at radius 1 is 0.973 bits per heavy atom. The number of nitrogens with zero attached hydrogens (tertiary/aromatic N) is 2. The molecule has 2 N–H and O–H groups in total. The van der Waals surface area contributed by atoms with E-state index in [1.807, 2.05) is 47.4 Å². The number of aromatic amines is 1. The van der Waals surface area contributed by atoms with Gasteiger partial charge in [-0.15, -0.1) is 0 Å². The number of nitrogens with one attached hydrogen (secondary N) is 1. The summed E-state index contributed by atoms with van der Waals surface area (Å²) in [5.41, 5.74) is 3.92. The number of H-pyrrole nitrogens is 1. The average molecular weight is 520 g/mol. The van der Waals surface area contributed by atoms with Gasteiger partial charge in [0.2, 0.25) is 0 Å². The lowest BCUT2D eigenvalue weighted by Crippen LogP contribution is -2.31. The summed E-state index contributed by atoms with van der Waals surface area (Å²) in [7, 11) is 4.80. The topological polar surface area (TPSA) is 96.9 Å². The molecule has 8 nitrogen and oxygen atoms in total.